The summed E-state index contributed by atoms with van der Waals surface area (Å²) in [7, 11) is 1.57. The van der Waals surface area contributed by atoms with E-state index >= 15 is 0 Å². The van der Waals surface area contributed by atoms with Gasteiger partial charge in [-0.3, -0.25) is 4.79 Å². The lowest BCUT2D eigenvalue weighted by Gasteiger charge is -2.16. The summed E-state index contributed by atoms with van der Waals surface area (Å²) in [6.07, 6.45) is 8.51. The molecule has 1 aromatic carbocycles. The van der Waals surface area contributed by atoms with Crippen LogP contribution in [0.15, 0.2) is 43.0 Å². The number of nitrogens with zero attached hydrogens (tertiary/aromatic N) is 6. The standard InChI is InChI=1S/C27H28F2N8O2/c1-39-22-9-20-18(4-6-31-23(20)30)8-19(22)12-32-25(38)21-14-37(24(35-21)17-2-3-17)13-16-10-33-26(34-11-16)36-7-5-27(28,29)15-36/h4,6,8-11,14,17H,2-3,5,7,12-13,15H2,1H3,(H2,30,31)(H,32,38). The number of imidazole rings is 1. The normalized spacial score (nSPS) is 16.5. The molecule has 0 radical (unpaired) electrons. The van der Waals surface area contributed by atoms with Crippen LogP contribution >= 0.6 is 0 Å². The molecule has 4 heterocycles. The lowest BCUT2D eigenvalue weighted by Crippen LogP contribution is -2.26. The second-order valence-electron chi connectivity index (χ2n) is 10.1. The second kappa shape index (κ2) is 9.75. The molecule has 202 valence electrons. The molecule has 0 unspecified atom stereocenters. The number of rotatable bonds is 8. The van der Waals surface area contributed by atoms with Gasteiger partial charge >= 0.3 is 0 Å². The van der Waals surface area contributed by atoms with Gasteiger partial charge in [0.05, 0.1) is 20.2 Å². The molecule has 2 fully saturated rings. The monoisotopic (exact) mass is 534 g/mol. The Kier molecular flexibility index (Phi) is 6.24. The van der Waals surface area contributed by atoms with E-state index in [4.69, 9.17) is 10.5 Å². The van der Waals surface area contributed by atoms with Gasteiger partial charge in [-0.25, -0.2) is 28.7 Å². The number of amides is 1. The van der Waals surface area contributed by atoms with E-state index in [9.17, 15) is 13.6 Å². The molecule has 2 aliphatic rings. The van der Waals surface area contributed by atoms with Crippen molar-refractivity contribution in [3.05, 3.63) is 65.6 Å². The molecular weight excluding hydrogens is 506 g/mol. The summed E-state index contributed by atoms with van der Waals surface area (Å²) in [5, 5.41) is 4.63. The number of ether oxygens (including phenoxy) is 1. The van der Waals surface area contributed by atoms with E-state index in [2.05, 4.69) is 25.3 Å². The number of carbonyl (C=O) groups excluding carboxylic acids is 1. The van der Waals surface area contributed by atoms with E-state index in [0.29, 0.717) is 35.7 Å². The molecule has 1 aliphatic carbocycles. The fourth-order valence-electron chi connectivity index (χ4n) is 4.89. The van der Waals surface area contributed by atoms with E-state index in [1.54, 1.807) is 31.9 Å². The molecule has 10 nitrogen and oxygen atoms in total. The number of hydrogen-bond donors (Lipinski definition) is 2. The van der Waals surface area contributed by atoms with Crippen LogP contribution in [0.1, 0.15) is 52.6 Å². The summed E-state index contributed by atoms with van der Waals surface area (Å²) < 4.78 is 34.6. The number of alkyl halides is 2. The fourth-order valence-corrected chi connectivity index (χ4v) is 4.89. The van der Waals surface area contributed by atoms with Crippen molar-refractivity contribution in [1.82, 2.24) is 29.8 Å². The smallest absolute Gasteiger partial charge is 0.271 e. The number of pyridine rings is 1. The minimum Gasteiger partial charge on any atom is -0.496 e. The van der Waals surface area contributed by atoms with E-state index < -0.39 is 5.92 Å². The van der Waals surface area contributed by atoms with Crippen LogP contribution in [-0.4, -0.2) is 56.5 Å². The first-order chi connectivity index (χ1) is 18.8. The van der Waals surface area contributed by atoms with Gasteiger partial charge in [-0.1, -0.05) is 0 Å². The Morgan fingerprint density at radius 1 is 1.23 bits per heavy atom. The third kappa shape index (κ3) is 5.18. The predicted molar refractivity (Wildman–Crippen MR) is 141 cm³/mol. The summed E-state index contributed by atoms with van der Waals surface area (Å²) in [6.45, 7) is 0.538. The first kappa shape index (κ1) is 25.0. The third-order valence-electron chi connectivity index (χ3n) is 7.12. The van der Waals surface area contributed by atoms with Gasteiger partial charge in [0.15, 0.2) is 0 Å². The molecular formula is C27H28F2N8O2. The molecule has 1 saturated carbocycles. The average molecular weight is 535 g/mol. The van der Waals surface area contributed by atoms with Crippen LogP contribution in [0.3, 0.4) is 0 Å². The number of nitrogens with one attached hydrogen (secondary N) is 1. The number of anilines is 2. The first-order valence-corrected chi connectivity index (χ1v) is 12.8. The minimum atomic E-state index is -2.71. The highest BCUT2D eigenvalue weighted by atomic mass is 19.3. The predicted octanol–water partition coefficient (Wildman–Crippen LogP) is 3.51. The van der Waals surface area contributed by atoms with Crippen molar-refractivity contribution in [1.29, 1.82) is 0 Å². The highest BCUT2D eigenvalue weighted by molar-refractivity contribution is 5.94. The van der Waals surface area contributed by atoms with Crippen LogP contribution in [0.2, 0.25) is 0 Å². The van der Waals surface area contributed by atoms with E-state index in [0.717, 1.165) is 40.6 Å². The van der Waals surface area contributed by atoms with E-state index in [-0.39, 0.29) is 32.0 Å². The Balaban J connectivity index is 1.16. The van der Waals surface area contributed by atoms with Gasteiger partial charge in [-0.2, -0.15) is 0 Å². The number of aromatic nitrogens is 5. The Labute approximate surface area is 223 Å². The second-order valence-corrected chi connectivity index (χ2v) is 10.1. The first-order valence-electron chi connectivity index (χ1n) is 12.8. The zero-order valence-electron chi connectivity index (χ0n) is 21.4. The molecule has 0 bridgehead atoms. The topological polar surface area (TPSA) is 124 Å². The van der Waals surface area contributed by atoms with Crippen molar-refractivity contribution in [2.75, 3.05) is 30.8 Å². The van der Waals surface area contributed by atoms with Crippen molar-refractivity contribution < 1.29 is 18.3 Å². The quantitative estimate of drug-likeness (QED) is 0.352. The molecule has 1 amide bonds. The van der Waals surface area contributed by atoms with Crippen molar-refractivity contribution in [3.8, 4) is 5.75 Å². The summed E-state index contributed by atoms with van der Waals surface area (Å²) in [6, 6.07) is 5.60. The van der Waals surface area contributed by atoms with Gasteiger partial charge in [0.2, 0.25) is 5.95 Å². The highest BCUT2D eigenvalue weighted by Gasteiger charge is 2.39. The van der Waals surface area contributed by atoms with Crippen LogP contribution in [0.5, 0.6) is 5.75 Å². The summed E-state index contributed by atoms with van der Waals surface area (Å²) in [5.41, 5.74) is 7.91. The fraction of sp³-hybridized carbons (Fsp3) is 0.370. The highest BCUT2D eigenvalue weighted by Crippen LogP contribution is 2.39. The van der Waals surface area contributed by atoms with Gasteiger partial charge in [-0.05, 0) is 36.4 Å². The number of hydrogen-bond acceptors (Lipinski definition) is 8. The van der Waals surface area contributed by atoms with Gasteiger partial charge in [0, 0.05) is 66.7 Å². The summed E-state index contributed by atoms with van der Waals surface area (Å²) >= 11 is 0. The molecule has 0 spiro atoms. The third-order valence-corrected chi connectivity index (χ3v) is 7.12. The Bertz CT molecular complexity index is 1540. The lowest BCUT2D eigenvalue weighted by molar-refractivity contribution is 0.0256. The number of benzene rings is 1. The largest absolute Gasteiger partial charge is 0.496 e. The van der Waals surface area contributed by atoms with Crippen molar-refractivity contribution in [2.24, 2.45) is 0 Å². The van der Waals surface area contributed by atoms with Crippen LogP contribution in [0, 0.1) is 0 Å². The molecule has 3 aromatic heterocycles. The molecule has 3 N–H and O–H groups in total. The maximum absolute atomic E-state index is 13.6. The lowest BCUT2D eigenvalue weighted by atomic mass is 10.1. The molecule has 0 atom stereocenters. The number of nitrogen functional groups attached to an aromatic ring is 1. The van der Waals surface area contributed by atoms with Gasteiger partial charge < -0.3 is 25.3 Å². The van der Waals surface area contributed by atoms with Crippen molar-refractivity contribution >= 4 is 28.4 Å². The number of carbonyl (C=O) groups is 1. The molecule has 1 aliphatic heterocycles. The zero-order chi connectivity index (χ0) is 27.1. The number of nitrogens with two attached hydrogens (primary N) is 1. The Morgan fingerprint density at radius 3 is 2.72 bits per heavy atom. The van der Waals surface area contributed by atoms with Crippen LogP contribution in [-0.2, 0) is 13.1 Å². The zero-order valence-corrected chi connectivity index (χ0v) is 21.4. The molecule has 12 heteroatoms. The summed E-state index contributed by atoms with van der Waals surface area (Å²) in [4.78, 5) is 32.0. The minimum absolute atomic E-state index is 0.192. The van der Waals surface area contributed by atoms with E-state index in [1.165, 1.54) is 4.90 Å². The number of fused-ring (bicyclic) bond motifs is 1. The number of methoxy groups -OCH3 is 1. The summed E-state index contributed by atoms with van der Waals surface area (Å²) in [5.74, 6) is -0.543. The van der Waals surface area contributed by atoms with Crippen LogP contribution in [0.25, 0.3) is 10.8 Å². The SMILES string of the molecule is COc1cc2c(N)nccc2cc1CNC(=O)c1cn(Cc2cnc(N3CCC(F)(F)C3)nc2)c(C2CC2)n1. The Morgan fingerprint density at radius 2 is 2.03 bits per heavy atom. The van der Waals surface area contributed by atoms with E-state index in [1.807, 2.05) is 22.8 Å². The number of halogens is 2. The van der Waals surface area contributed by atoms with Gasteiger partial charge in [0.1, 0.15) is 23.1 Å². The molecule has 6 rings (SSSR count). The Hall–Kier alpha value is -4.35. The maximum Gasteiger partial charge on any atom is 0.271 e. The van der Waals surface area contributed by atoms with Crippen LogP contribution in [0.4, 0.5) is 20.5 Å². The molecule has 1 saturated heterocycles. The maximum atomic E-state index is 13.6. The molecule has 4 aromatic rings. The van der Waals surface area contributed by atoms with Crippen molar-refractivity contribution in [2.45, 2.75) is 44.2 Å². The molecule has 39 heavy (non-hydrogen) atoms. The van der Waals surface area contributed by atoms with Gasteiger partial charge in [-0.15, -0.1) is 0 Å². The van der Waals surface area contributed by atoms with Gasteiger partial charge in [0.25, 0.3) is 11.8 Å². The van der Waals surface area contributed by atoms with Crippen LogP contribution < -0.4 is 20.7 Å². The van der Waals surface area contributed by atoms with Crippen molar-refractivity contribution in [3.63, 3.8) is 0 Å². The average Bonchev–Trinajstić information content (AvgIpc) is 3.59.